The molecule has 1 N–H and O–H groups in total. The number of Topliss-reactive ketones (excluding diaryl/α,β-unsaturated/α-hetero) is 1. The number of aliphatic carboxylic acids is 1. The van der Waals surface area contributed by atoms with Gasteiger partial charge in [0.05, 0.1) is 0 Å². The van der Waals surface area contributed by atoms with Crippen LogP contribution >= 0.6 is 0 Å². The molecule has 4 heteroatoms. The van der Waals surface area contributed by atoms with Gasteiger partial charge >= 0.3 is 5.97 Å². The van der Waals surface area contributed by atoms with Gasteiger partial charge in [0.1, 0.15) is 11.7 Å². The van der Waals surface area contributed by atoms with Crippen LogP contribution in [0.1, 0.15) is 33.1 Å². The average Bonchev–Trinajstić information content (AvgIpc) is 1.88. The first-order valence-electron chi connectivity index (χ1n) is 3.89. The van der Waals surface area contributed by atoms with Crippen molar-refractivity contribution in [3.63, 3.8) is 0 Å². The molecular weight excluding hydrogens is 196 g/mol. The summed E-state index contributed by atoms with van der Waals surface area (Å²) in [5.74, 6) is -1.93. The third-order valence-corrected chi connectivity index (χ3v) is 1.59. The minimum absolute atomic E-state index is 0. The SMILES string of the molecule is CCCC(=O)C(CC)C(=O)O.[Cr]. The Morgan fingerprint density at radius 1 is 1.33 bits per heavy atom. The van der Waals surface area contributed by atoms with E-state index in [2.05, 4.69) is 0 Å². The minimum atomic E-state index is -0.994. The van der Waals surface area contributed by atoms with Crippen molar-refractivity contribution >= 4 is 11.8 Å². The van der Waals surface area contributed by atoms with Gasteiger partial charge < -0.3 is 5.11 Å². The number of ketones is 1. The Hall–Kier alpha value is -0.328. The molecule has 0 aliphatic rings. The number of hydrogen-bond donors (Lipinski definition) is 1. The van der Waals surface area contributed by atoms with Crippen LogP contribution in [-0.2, 0) is 27.0 Å². The summed E-state index contributed by atoms with van der Waals surface area (Å²) in [5.41, 5.74) is 0. The molecule has 1 unspecified atom stereocenters. The van der Waals surface area contributed by atoms with Crippen LogP contribution in [-0.4, -0.2) is 16.9 Å². The summed E-state index contributed by atoms with van der Waals surface area (Å²) in [7, 11) is 0. The van der Waals surface area contributed by atoms with Gasteiger partial charge in [-0.25, -0.2) is 0 Å². The number of carboxylic acid groups (broad SMARTS) is 1. The van der Waals surface area contributed by atoms with Crippen LogP contribution in [0.4, 0.5) is 0 Å². The molecule has 70 valence electrons. The summed E-state index contributed by atoms with van der Waals surface area (Å²) in [5, 5.41) is 8.55. The first-order chi connectivity index (χ1) is 5.13. The Labute approximate surface area is 83.3 Å². The second kappa shape index (κ2) is 7.33. The molecule has 0 saturated heterocycles. The van der Waals surface area contributed by atoms with Crippen molar-refractivity contribution in [2.45, 2.75) is 33.1 Å². The minimum Gasteiger partial charge on any atom is -0.481 e. The van der Waals surface area contributed by atoms with Crippen molar-refractivity contribution in [3.8, 4) is 0 Å². The first-order valence-corrected chi connectivity index (χ1v) is 3.89. The maximum absolute atomic E-state index is 11.0. The van der Waals surface area contributed by atoms with Gasteiger partial charge in [0.15, 0.2) is 0 Å². The normalized spacial score (nSPS) is 11.5. The van der Waals surface area contributed by atoms with Crippen LogP contribution in [0.5, 0.6) is 0 Å². The Morgan fingerprint density at radius 2 is 1.83 bits per heavy atom. The zero-order chi connectivity index (χ0) is 8.85. The Kier molecular flexibility index (Phi) is 8.68. The molecule has 0 amide bonds. The molecule has 0 heterocycles. The van der Waals surface area contributed by atoms with Crippen molar-refractivity contribution in [2.24, 2.45) is 5.92 Å². The van der Waals surface area contributed by atoms with E-state index < -0.39 is 11.9 Å². The maximum atomic E-state index is 11.0. The van der Waals surface area contributed by atoms with E-state index >= 15 is 0 Å². The quantitative estimate of drug-likeness (QED) is 0.699. The fourth-order valence-corrected chi connectivity index (χ4v) is 0.961. The van der Waals surface area contributed by atoms with Gasteiger partial charge in [-0.05, 0) is 12.8 Å². The molecule has 0 aromatic rings. The number of rotatable bonds is 5. The van der Waals surface area contributed by atoms with Crippen LogP contribution < -0.4 is 0 Å². The van der Waals surface area contributed by atoms with E-state index in [1.165, 1.54) is 0 Å². The topological polar surface area (TPSA) is 54.4 Å². The molecule has 1 atom stereocenters. The summed E-state index contributed by atoms with van der Waals surface area (Å²) in [6, 6.07) is 0. The van der Waals surface area contributed by atoms with Gasteiger partial charge in [-0.2, -0.15) is 0 Å². The van der Waals surface area contributed by atoms with Crippen molar-refractivity contribution in [2.75, 3.05) is 0 Å². The smallest absolute Gasteiger partial charge is 0.314 e. The van der Waals surface area contributed by atoms with Crippen LogP contribution in [0.25, 0.3) is 0 Å². The van der Waals surface area contributed by atoms with Crippen LogP contribution in [0.15, 0.2) is 0 Å². The van der Waals surface area contributed by atoms with Crippen molar-refractivity contribution in [1.29, 1.82) is 0 Å². The Morgan fingerprint density at radius 3 is 2.08 bits per heavy atom. The van der Waals surface area contributed by atoms with Gasteiger partial charge in [0.25, 0.3) is 0 Å². The summed E-state index contributed by atoms with van der Waals surface area (Å²) in [6.07, 6.45) is 1.50. The molecule has 0 fully saturated rings. The Balaban J connectivity index is 0. The van der Waals surface area contributed by atoms with Crippen molar-refractivity contribution in [1.82, 2.24) is 0 Å². The molecular formula is C8H14CrO3. The zero-order valence-electron chi connectivity index (χ0n) is 7.37. The van der Waals surface area contributed by atoms with Gasteiger partial charge in [-0.3, -0.25) is 9.59 Å². The molecule has 0 saturated carbocycles. The van der Waals surface area contributed by atoms with Crippen molar-refractivity contribution in [3.05, 3.63) is 0 Å². The third-order valence-electron chi connectivity index (χ3n) is 1.59. The summed E-state index contributed by atoms with van der Waals surface area (Å²) >= 11 is 0. The van der Waals surface area contributed by atoms with E-state index in [4.69, 9.17) is 5.11 Å². The molecule has 0 aliphatic heterocycles. The van der Waals surface area contributed by atoms with Gasteiger partial charge in [-0.1, -0.05) is 13.8 Å². The summed E-state index contributed by atoms with van der Waals surface area (Å²) < 4.78 is 0. The zero-order valence-corrected chi connectivity index (χ0v) is 8.65. The number of carboxylic acids is 1. The van der Waals surface area contributed by atoms with Crippen LogP contribution in [0.2, 0.25) is 0 Å². The summed E-state index contributed by atoms with van der Waals surface area (Å²) in [4.78, 5) is 21.5. The van der Waals surface area contributed by atoms with Gasteiger partial charge in [0.2, 0.25) is 0 Å². The maximum Gasteiger partial charge on any atom is 0.314 e. The predicted molar refractivity (Wildman–Crippen MR) is 41.3 cm³/mol. The predicted octanol–water partition coefficient (Wildman–Crippen LogP) is 1.46. The molecule has 0 rings (SSSR count). The van der Waals surface area contributed by atoms with Gasteiger partial charge in [-0.15, -0.1) is 0 Å². The molecule has 0 aromatic heterocycles. The fraction of sp³-hybridized carbons (Fsp3) is 0.750. The molecule has 0 bridgehead atoms. The Bertz CT molecular complexity index is 156. The van der Waals surface area contributed by atoms with E-state index in [0.29, 0.717) is 12.8 Å². The second-order valence-corrected chi connectivity index (χ2v) is 2.52. The second-order valence-electron chi connectivity index (χ2n) is 2.52. The summed E-state index contributed by atoms with van der Waals surface area (Å²) in [6.45, 7) is 3.58. The fourth-order valence-electron chi connectivity index (χ4n) is 0.961. The van der Waals surface area contributed by atoms with Gasteiger partial charge in [0, 0.05) is 23.8 Å². The molecule has 12 heavy (non-hydrogen) atoms. The molecule has 0 radical (unpaired) electrons. The largest absolute Gasteiger partial charge is 0.481 e. The number of carbonyl (C=O) groups is 2. The monoisotopic (exact) mass is 210 g/mol. The molecule has 0 aromatic carbocycles. The van der Waals surface area contributed by atoms with Crippen LogP contribution in [0.3, 0.4) is 0 Å². The molecule has 0 aliphatic carbocycles. The standard InChI is InChI=1S/C8H14O3.Cr/c1-3-5-7(9)6(4-2)8(10)11;/h6H,3-5H2,1-2H3,(H,10,11);. The van der Waals surface area contributed by atoms with Crippen molar-refractivity contribution < 1.29 is 32.1 Å². The van der Waals surface area contributed by atoms with E-state index in [1.54, 1.807) is 6.92 Å². The molecule has 0 spiro atoms. The van der Waals surface area contributed by atoms with E-state index in [9.17, 15) is 9.59 Å². The van der Waals surface area contributed by atoms with Crippen LogP contribution in [0, 0.1) is 5.92 Å². The van der Waals surface area contributed by atoms with E-state index in [1.807, 2.05) is 6.92 Å². The van der Waals surface area contributed by atoms with E-state index in [0.717, 1.165) is 6.42 Å². The average molecular weight is 210 g/mol. The first kappa shape index (κ1) is 14.2. The third kappa shape index (κ3) is 4.53. The number of carbonyl (C=O) groups excluding carboxylic acids is 1. The number of hydrogen-bond acceptors (Lipinski definition) is 2. The van der Waals surface area contributed by atoms with E-state index in [-0.39, 0.29) is 23.1 Å². The molecule has 3 nitrogen and oxygen atoms in total.